The lowest BCUT2D eigenvalue weighted by atomic mass is 10.1. The highest BCUT2D eigenvalue weighted by Gasteiger charge is 2.12. The summed E-state index contributed by atoms with van der Waals surface area (Å²) in [5, 5.41) is 28.3. The van der Waals surface area contributed by atoms with E-state index >= 15 is 0 Å². The molecule has 0 aliphatic rings. The van der Waals surface area contributed by atoms with E-state index in [1.807, 2.05) is 0 Å². The second-order valence-corrected chi connectivity index (χ2v) is 8.53. The van der Waals surface area contributed by atoms with Gasteiger partial charge in [-0.05, 0) is 29.8 Å². The van der Waals surface area contributed by atoms with E-state index in [-0.39, 0.29) is 34.2 Å². The number of hydrogen-bond donors (Lipinski definition) is 5. The lowest BCUT2D eigenvalue weighted by molar-refractivity contribution is 0.0945. The maximum atomic E-state index is 12.1. The third-order valence-electron chi connectivity index (χ3n) is 3.68. The van der Waals surface area contributed by atoms with Crippen LogP contribution >= 0.6 is 21.6 Å². The molecule has 158 valence electrons. The molecule has 12 heteroatoms. The first-order valence-electron chi connectivity index (χ1n) is 8.69. The molecular formula is C18H20N6O4S2. The summed E-state index contributed by atoms with van der Waals surface area (Å²) in [4.78, 5) is 26.7. The second-order valence-electron chi connectivity index (χ2n) is 5.82. The molecule has 30 heavy (non-hydrogen) atoms. The Morgan fingerprint density at radius 2 is 1.50 bits per heavy atom. The average molecular weight is 449 g/mol. The van der Waals surface area contributed by atoms with Crippen LogP contribution in [0, 0.1) is 0 Å². The van der Waals surface area contributed by atoms with Crippen LogP contribution in [-0.4, -0.2) is 46.6 Å². The van der Waals surface area contributed by atoms with Crippen LogP contribution in [0.3, 0.4) is 0 Å². The molecule has 0 aliphatic heterocycles. The number of nitrogens with one attached hydrogen (secondary N) is 2. The Morgan fingerprint density at radius 3 is 2.00 bits per heavy atom. The molecule has 2 rings (SSSR count). The van der Waals surface area contributed by atoms with Crippen LogP contribution in [0.25, 0.3) is 10.4 Å². The van der Waals surface area contributed by atoms with Crippen LogP contribution < -0.4 is 16.4 Å². The summed E-state index contributed by atoms with van der Waals surface area (Å²) in [5.41, 5.74) is 14.8. The van der Waals surface area contributed by atoms with Gasteiger partial charge < -0.3 is 26.6 Å². The van der Waals surface area contributed by atoms with Gasteiger partial charge in [-0.25, -0.2) is 0 Å². The third-order valence-corrected chi connectivity index (χ3v) is 6.09. The molecule has 6 N–H and O–H groups in total. The van der Waals surface area contributed by atoms with Gasteiger partial charge in [-0.2, -0.15) is 0 Å². The molecule has 2 aromatic rings. The van der Waals surface area contributed by atoms with Gasteiger partial charge in [0.25, 0.3) is 11.8 Å². The summed E-state index contributed by atoms with van der Waals surface area (Å²) < 4.78 is 0. The molecule has 2 amide bonds. The van der Waals surface area contributed by atoms with Crippen molar-refractivity contribution in [2.45, 2.75) is 0 Å². The topological polar surface area (TPSA) is 173 Å². The fourth-order valence-electron chi connectivity index (χ4n) is 2.29. The Bertz CT molecular complexity index is 966. The van der Waals surface area contributed by atoms with Gasteiger partial charge >= 0.3 is 0 Å². The molecule has 0 atom stereocenters. The first-order chi connectivity index (χ1) is 14.4. The number of nitrogens with zero attached hydrogens (tertiary/aromatic N) is 3. The van der Waals surface area contributed by atoms with E-state index in [4.69, 9.17) is 11.3 Å². The average Bonchev–Trinajstić information content (AvgIpc) is 2.70. The number of carbonyl (C=O) groups is 2. The van der Waals surface area contributed by atoms with Gasteiger partial charge in [0.15, 0.2) is 0 Å². The van der Waals surface area contributed by atoms with Crippen molar-refractivity contribution in [2.24, 2.45) is 5.11 Å². The van der Waals surface area contributed by atoms with Gasteiger partial charge in [-0.1, -0.05) is 32.8 Å². The number of phenolic OH excluding ortho intramolecular Hbond substituents is 2. The highest BCUT2D eigenvalue weighted by molar-refractivity contribution is 8.76. The monoisotopic (exact) mass is 448 g/mol. The Hall–Kier alpha value is -3.21. The number of azide groups is 1. The molecule has 0 heterocycles. The van der Waals surface area contributed by atoms with Crippen molar-refractivity contribution in [1.29, 1.82) is 0 Å². The smallest absolute Gasteiger partial charge is 0.255 e. The summed E-state index contributed by atoms with van der Waals surface area (Å²) in [7, 11) is 3.05. The Labute approximate surface area is 180 Å². The first kappa shape index (κ1) is 23.1. The number of amides is 2. The van der Waals surface area contributed by atoms with Crippen molar-refractivity contribution in [3.8, 4) is 11.5 Å². The number of nitrogens with two attached hydrogens (primary N) is 1. The molecular weight excluding hydrogens is 428 g/mol. The van der Waals surface area contributed by atoms with Crippen LogP contribution in [0.4, 0.5) is 11.4 Å². The van der Waals surface area contributed by atoms with Crippen molar-refractivity contribution in [2.75, 3.05) is 30.3 Å². The van der Waals surface area contributed by atoms with Gasteiger partial charge in [-0.15, -0.1) is 0 Å². The second kappa shape index (κ2) is 11.7. The minimum Gasteiger partial charge on any atom is -0.507 e. The highest BCUT2D eigenvalue weighted by Crippen LogP contribution is 2.24. The predicted octanol–water partition coefficient (Wildman–Crippen LogP) is 3.16. The highest BCUT2D eigenvalue weighted by atomic mass is 33.1. The maximum Gasteiger partial charge on any atom is 0.255 e. The SMILES string of the molecule is [N-]=[N+]=Nc1ccc(C(=O)NCCSSCCNC(=O)c2ccc(N)cc2O)c(O)c1. The molecule has 0 aliphatic carbocycles. The molecule has 0 bridgehead atoms. The Kier molecular flexibility index (Phi) is 9.01. The zero-order valence-electron chi connectivity index (χ0n) is 15.7. The lowest BCUT2D eigenvalue weighted by Crippen LogP contribution is -2.26. The number of benzene rings is 2. The number of anilines is 1. The van der Waals surface area contributed by atoms with E-state index in [1.165, 1.54) is 51.9 Å². The van der Waals surface area contributed by atoms with Gasteiger partial charge in [0, 0.05) is 46.9 Å². The van der Waals surface area contributed by atoms with E-state index in [0.717, 1.165) is 0 Å². The van der Waals surface area contributed by atoms with Crippen molar-refractivity contribution in [3.05, 3.63) is 58.0 Å². The van der Waals surface area contributed by atoms with Crippen LogP contribution in [0.1, 0.15) is 20.7 Å². The molecule has 0 fully saturated rings. The lowest BCUT2D eigenvalue weighted by Gasteiger charge is -2.08. The molecule has 2 aromatic carbocycles. The zero-order chi connectivity index (χ0) is 21.9. The summed E-state index contributed by atoms with van der Waals surface area (Å²) >= 11 is 0. The Morgan fingerprint density at radius 1 is 0.967 bits per heavy atom. The van der Waals surface area contributed by atoms with Crippen molar-refractivity contribution in [3.63, 3.8) is 0 Å². The summed E-state index contributed by atoms with van der Waals surface area (Å²) in [6, 6.07) is 8.38. The quantitative estimate of drug-likeness (QED) is 0.0926. The van der Waals surface area contributed by atoms with E-state index in [2.05, 4.69) is 20.7 Å². The number of phenols is 2. The van der Waals surface area contributed by atoms with Crippen molar-refractivity contribution >= 4 is 44.8 Å². The van der Waals surface area contributed by atoms with Crippen molar-refractivity contribution in [1.82, 2.24) is 10.6 Å². The Balaban J connectivity index is 1.61. The van der Waals surface area contributed by atoms with Crippen LogP contribution in [0.2, 0.25) is 0 Å². The minimum absolute atomic E-state index is 0.0955. The number of nitrogen functional groups attached to an aromatic ring is 1. The maximum absolute atomic E-state index is 12.1. The molecule has 0 saturated carbocycles. The van der Waals surface area contributed by atoms with Crippen LogP contribution in [0.5, 0.6) is 11.5 Å². The van der Waals surface area contributed by atoms with E-state index in [9.17, 15) is 19.8 Å². The number of aromatic hydroxyl groups is 2. The van der Waals surface area contributed by atoms with Crippen LogP contribution in [0.15, 0.2) is 41.5 Å². The molecule has 0 spiro atoms. The van der Waals surface area contributed by atoms with E-state index in [0.29, 0.717) is 30.3 Å². The largest absolute Gasteiger partial charge is 0.507 e. The summed E-state index contributed by atoms with van der Waals surface area (Å²) in [6.45, 7) is 0.803. The normalized spacial score (nSPS) is 10.1. The fraction of sp³-hybridized carbons (Fsp3) is 0.222. The standard InChI is InChI=1S/C18H20N6O4S2/c19-11-1-3-13(15(25)9-11)17(27)21-5-7-29-30-8-6-22-18(28)14-4-2-12(23-24-20)10-16(14)26/h1-4,9-10,25-26H,5-8,19H2,(H,21,27)(H,22,28). The molecule has 0 radical (unpaired) electrons. The molecule has 0 unspecified atom stereocenters. The van der Waals surface area contributed by atoms with Crippen LogP contribution in [-0.2, 0) is 0 Å². The van der Waals surface area contributed by atoms with Crippen molar-refractivity contribution < 1.29 is 19.8 Å². The van der Waals surface area contributed by atoms with E-state index < -0.39 is 5.91 Å². The number of carbonyl (C=O) groups excluding carboxylic acids is 2. The molecule has 0 saturated heterocycles. The van der Waals surface area contributed by atoms with Gasteiger partial charge in [0.2, 0.25) is 0 Å². The molecule has 0 aromatic heterocycles. The van der Waals surface area contributed by atoms with Gasteiger partial charge in [0.1, 0.15) is 11.5 Å². The summed E-state index contributed by atoms with van der Waals surface area (Å²) in [6.07, 6.45) is 0. The predicted molar refractivity (Wildman–Crippen MR) is 119 cm³/mol. The number of hydrogen-bond acceptors (Lipinski definition) is 8. The third kappa shape index (κ3) is 6.99. The summed E-state index contributed by atoms with van der Waals surface area (Å²) in [5.74, 6) is 0.0337. The molecule has 10 nitrogen and oxygen atoms in total. The van der Waals surface area contributed by atoms with Gasteiger partial charge in [0.05, 0.1) is 11.1 Å². The zero-order valence-corrected chi connectivity index (χ0v) is 17.4. The number of rotatable bonds is 10. The minimum atomic E-state index is -0.429. The fourth-order valence-corrected chi connectivity index (χ4v) is 4.10. The van der Waals surface area contributed by atoms with Gasteiger partial charge in [-0.3, -0.25) is 9.59 Å². The first-order valence-corrected chi connectivity index (χ1v) is 11.2. The van der Waals surface area contributed by atoms with E-state index in [1.54, 1.807) is 6.07 Å².